The molecular formula is C60H111NO3. The summed E-state index contributed by atoms with van der Waals surface area (Å²) in [6, 6.07) is -0.642. The fraction of sp³-hybridized carbons (Fsp3) is 0.817. The van der Waals surface area contributed by atoms with E-state index in [9.17, 15) is 15.0 Å². The summed E-state index contributed by atoms with van der Waals surface area (Å²) in [6.45, 7) is 4.31. The first-order valence-corrected chi connectivity index (χ1v) is 28.5. The molecule has 0 bridgehead atoms. The lowest BCUT2D eigenvalue weighted by atomic mass is 10.0. The van der Waals surface area contributed by atoms with Crippen LogP contribution in [0.15, 0.2) is 60.8 Å². The molecule has 64 heavy (non-hydrogen) atoms. The van der Waals surface area contributed by atoms with Crippen molar-refractivity contribution in [1.29, 1.82) is 0 Å². The summed E-state index contributed by atoms with van der Waals surface area (Å²) in [4.78, 5) is 12.5. The number of amides is 1. The minimum absolute atomic E-state index is 0.0727. The summed E-state index contributed by atoms with van der Waals surface area (Å²) in [6.07, 6.45) is 78.1. The Labute approximate surface area is 400 Å². The number of carbonyl (C=O) groups is 1. The minimum Gasteiger partial charge on any atom is -0.394 e. The number of aliphatic hydroxyl groups excluding tert-OH is 2. The van der Waals surface area contributed by atoms with Crippen LogP contribution in [0, 0.1) is 0 Å². The molecule has 2 atom stereocenters. The van der Waals surface area contributed by atoms with Crippen LogP contribution in [0.4, 0.5) is 0 Å². The van der Waals surface area contributed by atoms with Crippen molar-refractivity contribution < 1.29 is 15.0 Å². The smallest absolute Gasteiger partial charge is 0.220 e. The summed E-state index contributed by atoms with van der Waals surface area (Å²) in [5.74, 6) is -0.0727. The van der Waals surface area contributed by atoms with Crippen LogP contribution in [0.25, 0.3) is 0 Å². The van der Waals surface area contributed by atoms with E-state index in [0.717, 1.165) is 44.9 Å². The molecule has 0 aromatic rings. The highest BCUT2D eigenvalue weighted by atomic mass is 16.3. The Kier molecular flexibility index (Phi) is 53.8. The van der Waals surface area contributed by atoms with Crippen molar-refractivity contribution in [3.05, 3.63) is 60.8 Å². The Balaban J connectivity index is 3.53. The van der Waals surface area contributed by atoms with Crippen molar-refractivity contribution in [1.82, 2.24) is 5.32 Å². The van der Waals surface area contributed by atoms with Crippen molar-refractivity contribution in [2.45, 2.75) is 309 Å². The molecule has 0 aliphatic heterocycles. The largest absolute Gasteiger partial charge is 0.394 e. The van der Waals surface area contributed by atoms with Gasteiger partial charge in [-0.15, -0.1) is 0 Å². The lowest BCUT2D eigenvalue weighted by molar-refractivity contribution is -0.123. The molecule has 4 nitrogen and oxygen atoms in total. The SMILES string of the molecule is CCCCCCC/C=C\C/C=C\C/C=C\CCCCCCCCCCCCCCCCC(=O)NC(CO)C(O)/C=C/CC/C=C/CCCCCCCCCCCCCCCCCCC. The lowest BCUT2D eigenvalue weighted by Crippen LogP contribution is -2.45. The number of allylic oxidation sites excluding steroid dienone is 9. The van der Waals surface area contributed by atoms with E-state index in [1.54, 1.807) is 6.08 Å². The van der Waals surface area contributed by atoms with E-state index >= 15 is 0 Å². The zero-order chi connectivity index (χ0) is 46.3. The van der Waals surface area contributed by atoms with E-state index in [1.165, 1.54) is 231 Å². The lowest BCUT2D eigenvalue weighted by Gasteiger charge is -2.19. The molecule has 0 saturated heterocycles. The fourth-order valence-corrected chi connectivity index (χ4v) is 8.62. The van der Waals surface area contributed by atoms with Gasteiger partial charge in [-0.25, -0.2) is 0 Å². The van der Waals surface area contributed by atoms with Gasteiger partial charge in [0.1, 0.15) is 0 Å². The molecule has 2 unspecified atom stereocenters. The predicted molar refractivity (Wildman–Crippen MR) is 285 cm³/mol. The molecule has 0 radical (unpaired) electrons. The Morgan fingerprint density at radius 2 is 0.656 bits per heavy atom. The fourth-order valence-electron chi connectivity index (χ4n) is 8.62. The van der Waals surface area contributed by atoms with Gasteiger partial charge in [0.25, 0.3) is 0 Å². The number of aliphatic hydroxyl groups is 2. The second-order valence-corrected chi connectivity index (χ2v) is 19.3. The highest BCUT2D eigenvalue weighted by molar-refractivity contribution is 5.76. The molecule has 0 heterocycles. The van der Waals surface area contributed by atoms with Crippen LogP contribution in [0.1, 0.15) is 296 Å². The first kappa shape index (κ1) is 62.1. The van der Waals surface area contributed by atoms with Crippen LogP contribution in [-0.2, 0) is 4.79 Å². The van der Waals surface area contributed by atoms with Gasteiger partial charge in [-0.1, -0.05) is 280 Å². The normalized spacial score (nSPS) is 13.2. The average Bonchev–Trinajstić information content (AvgIpc) is 3.30. The maximum Gasteiger partial charge on any atom is 0.220 e. The van der Waals surface area contributed by atoms with E-state index < -0.39 is 12.1 Å². The molecule has 1 amide bonds. The Bertz CT molecular complexity index is 1060. The van der Waals surface area contributed by atoms with Crippen LogP contribution in [-0.4, -0.2) is 34.9 Å². The van der Waals surface area contributed by atoms with E-state index in [0.29, 0.717) is 6.42 Å². The average molecular weight is 895 g/mol. The molecule has 3 N–H and O–H groups in total. The summed E-state index contributed by atoms with van der Waals surface area (Å²) in [5, 5.41) is 23.2. The van der Waals surface area contributed by atoms with Gasteiger partial charge in [-0.2, -0.15) is 0 Å². The molecule has 0 aromatic heterocycles. The third-order valence-corrected chi connectivity index (χ3v) is 13.0. The van der Waals surface area contributed by atoms with Gasteiger partial charge in [0.05, 0.1) is 18.8 Å². The van der Waals surface area contributed by atoms with Crippen LogP contribution in [0.2, 0.25) is 0 Å². The molecular weight excluding hydrogens is 783 g/mol. The van der Waals surface area contributed by atoms with Gasteiger partial charge in [0, 0.05) is 6.42 Å². The van der Waals surface area contributed by atoms with Crippen LogP contribution >= 0.6 is 0 Å². The second-order valence-electron chi connectivity index (χ2n) is 19.3. The molecule has 0 aromatic carbocycles. The molecule has 4 heteroatoms. The van der Waals surface area contributed by atoms with E-state index in [-0.39, 0.29) is 12.5 Å². The van der Waals surface area contributed by atoms with Crippen molar-refractivity contribution in [3.63, 3.8) is 0 Å². The quantitative estimate of drug-likeness (QED) is 0.0421. The van der Waals surface area contributed by atoms with E-state index in [2.05, 4.69) is 67.8 Å². The van der Waals surface area contributed by atoms with Gasteiger partial charge in [-0.05, 0) is 70.6 Å². The summed E-state index contributed by atoms with van der Waals surface area (Å²) < 4.78 is 0. The number of carbonyl (C=O) groups excluding carboxylic acids is 1. The maximum atomic E-state index is 12.5. The van der Waals surface area contributed by atoms with Gasteiger partial charge in [0.15, 0.2) is 0 Å². The molecule has 0 saturated carbocycles. The van der Waals surface area contributed by atoms with Gasteiger partial charge < -0.3 is 15.5 Å². The third-order valence-electron chi connectivity index (χ3n) is 13.0. The second kappa shape index (κ2) is 55.4. The Morgan fingerprint density at radius 1 is 0.375 bits per heavy atom. The minimum atomic E-state index is -0.865. The number of hydrogen-bond acceptors (Lipinski definition) is 3. The first-order valence-electron chi connectivity index (χ1n) is 28.5. The molecule has 374 valence electrons. The maximum absolute atomic E-state index is 12.5. The zero-order valence-corrected chi connectivity index (χ0v) is 43.1. The highest BCUT2D eigenvalue weighted by Crippen LogP contribution is 2.16. The van der Waals surface area contributed by atoms with Gasteiger partial charge in [-0.3, -0.25) is 4.79 Å². The Morgan fingerprint density at radius 3 is 1.02 bits per heavy atom. The zero-order valence-electron chi connectivity index (χ0n) is 43.1. The van der Waals surface area contributed by atoms with Crippen LogP contribution in [0.3, 0.4) is 0 Å². The molecule has 0 rings (SSSR count). The van der Waals surface area contributed by atoms with E-state index in [1.807, 2.05) is 6.08 Å². The topological polar surface area (TPSA) is 69.6 Å². The number of hydrogen-bond donors (Lipinski definition) is 3. The number of unbranched alkanes of at least 4 members (excludes halogenated alkanes) is 37. The van der Waals surface area contributed by atoms with Crippen molar-refractivity contribution in [3.8, 4) is 0 Å². The van der Waals surface area contributed by atoms with Crippen molar-refractivity contribution in [2.24, 2.45) is 0 Å². The van der Waals surface area contributed by atoms with Gasteiger partial charge in [0.2, 0.25) is 5.91 Å². The van der Waals surface area contributed by atoms with Crippen LogP contribution < -0.4 is 5.32 Å². The van der Waals surface area contributed by atoms with Crippen molar-refractivity contribution >= 4 is 5.91 Å². The van der Waals surface area contributed by atoms with E-state index in [4.69, 9.17) is 0 Å². The summed E-state index contributed by atoms with van der Waals surface area (Å²) in [5.41, 5.74) is 0. The molecule has 0 aliphatic rings. The number of rotatable bonds is 52. The Hall–Kier alpha value is -1.91. The third kappa shape index (κ3) is 51.1. The molecule has 0 aliphatic carbocycles. The van der Waals surface area contributed by atoms with Gasteiger partial charge >= 0.3 is 0 Å². The number of nitrogens with one attached hydrogen (secondary N) is 1. The monoisotopic (exact) mass is 894 g/mol. The molecule has 0 spiro atoms. The summed E-state index contributed by atoms with van der Waals surface area (Å²) >= 11 is 0. The first-order chi connectivity index (χ1) is 31.7. The predicted octanol–water partition coefficient (Wildman–Crippen LogP) is 18.8. The van der Waals surface area contributed by atoms with Crippen molar-refractivity contribution in [2.75, 3.05) is 6.61 Å². The standard InChI is InChI=1S/C60H111NO3/c1-3-5-7-9-11-13-15-17-19-21-23-25-27-28-29-30-31-32-34-36-38-40-42-44-46-48-50-52-54-56-60(64)61-58(57-62)59(63)55-53-51-49-47-45-43-41-39-37-35-33-26-24-22-20-18-16-14-12-10-8-6-4-2/h15,17,21,23,27-28,45,47,53,55,58-59,62-63H,3-14,16,18-20,22,24-26,29-44,46,48-52,54,56-57H2,1-2H3,(H,61,64)/b17-15-,23-21-,28-27-,47-45+,55-53+. The molecule has 0 fully saturated rings. The van der Waals surface area contributed by atoms with Crippen LogP contribution in [0.5, 0.6) is 0 Å². The summed E-state index contributed by atoms with van der Waals surface area (Å²) in [7, 11) is 0. The highest BCUT2D eigenvalue weighted by Gasteiger charge is 2.18.